The van der Waals surface area contributed by atoms with E-state index in [1.54, 1.807) is 48.0 Å². The summed E-state index contributed by atoms with van der Waals surface area (Å²) < 4.78 is 18.2. The van der Waals surface area contributed by atoms with Crippen molar-refractivity contribution in [3.63, 3.8) is 0 Å². The molecule has 0 radical (unpaired) electrons. The van der Waals surface area contributed by atoms with Gasteiger partial charge >= 0.3 is 5.69 Å². The molecule has 0 saturated heterocycles. The van der Waals surface area contributed by atoms with Gasteiger partial charge in [0.05, 0.1) is 16.6 Å². The summed E-state index contributed by atoms with van der Waals surface area (Å²) in [5.41, 5.74) is 0.946. The Morgan fingerprint density at radius 1 is 1.03 bits per heavy atom. The molecule has 10 heteroatoms. The molecule has 0 saturated carbocycles. The highest BCUT2D eigenvalue weighted by Crippen LogP contribution is 2.28. The van der Waals surface area contributed by atoms with Gasteiger partial charge in [-0.15, -0.1) is 0 Å². The van der Waals surface area contributed by atoms with Crippen LogP contribution in [0.25, 0.3) is 11.2 Å². The van der Waals surface area contributed by atoms with E-state index in [9.17, 15) is 14.0 Å². The molecule has 0 atom stereocenters. The fourth-order valence-electron chi connectivity index (χ4n) is 3.26. The summed E-state index contributed by atoms with van der Waals surface area (Å²) in [6.45, 7) is 0.278. The number of benzene rings is 2. The molecule has 2 aromatic heterocycles. The van der Waals surface area contributed by atoms with Gasteiger partial charge in [-0.25, -0.2) is 14.2 Å². The molecule has 4 aromatic rings. The number of thioether (sulfide) groups is 1. The highest BCUT2D eigenvalue weighted by Gasteiger charge is 2.20. The summed E-state index contributed by atoms with van der Waals surface area (Å²) >= 11 is 13.5. The van der Waals surface area contributed by atoms with E-state index in [0.717, 1.165) is 10.1 Å². The Balaban J connectivity index is 1.86. The van der Waals surface area contributed by atoms with E-state index < -0.39 is 11.2 Å². The molecule has 0 spiro atoms. The summed E-state index contributed by atoms with van der Waals surface area (Å²) in [6, 6.07) is 11.7. The predicted molar refractivity (Wildman–Crippen MR) is 122 cm³/mol. The first-order valence-electron chi connectivity index (χ1n) is 9.24. The third-order valence-electron chi connectivity index (χ3n) is 4.95. The Kier molecular flexibility index (Phi) is 5.96. The number of rotatable bonds is 5. The minimum Gasteiger partial charge on any atom is -0.309 e. The molecule has 0 fully saturated rings. The Morgan fingerprint density at radius 2 is 1.77 bits per heavy atom. The van der Waals surface area contributed by atoms with Crippen LogP contribution in [0, 0.1) is 5.82 Å². The van der Waals surface area contributed by atoms with Crippen LogP contribution >= 0.6 is 35.0 Å². The number of aryl methyl sites for hydroxylation is 1. The lowest BCUT2D eigenvalue weighted by atomic mass is 10.2. The molecule has 2 heterocycles. The van der Waals surface area contributed by atoms with E-state index >= 15 is 0 Å². The van der Waals surface area contributed by atoms with Gasteiger partial charge in [0.25, 0.3) is 5.56 Å². The Labute approximate surface area is 190 Å². The summed E-state index contributed by atoms with van der Waals surface area (Å²) in [7, 11) is 2.98. The van der Waals surface area contributed by atoms with Crippen LogP contribution in [0.4, 0.5) is 4.39 Å². The number of imidazole rings is 1. The number of hydrogen-bond donors (Lipinski definition) is 0. The fourth-order valence-corrected chi connectivity index (χ4v) is 4.56. The van der Waals surface area contributed by atoms with Crippen LogP contribution in [0.2, 0.25) is 10.0 Å². The highest BCUT2D eigenvalue weighted by molar-refractivity contribution is 7.98. The smallest absolute Gasteiger partial charge is 0.309 e. The van der Waals surface area contributed by atoms with Crippen LogP contribution in [-0.2, 0) is 26.4 Å². The van der Waals surface area contributed by atoms with Gasteiger partial charge in [0.2, 0.25) is 0 Å². The number of hydrogen-bond acceptors (Lipinski definition) is 4. The van der Waals surface area contributed by atoms with E-state index in [1.165, 1.54) is 29.4 Å². The zero-order valence-corrected chi connectivity index (χ0v) is 18.9. The van der Waals surface area contributed by atoms with Crippen LogP contribution < -0.4 is 11.2 Å². The molecule has 160 valence electrons. The average Bonchev–Trinajstić information content (AvgIpc) is 3.11. The molecule has 0 bridgehead atoms. The fraction of sp³-hybridized carbons (Fsp3) is 0.190. The van der Waals surface area contributed by atoms with Crippen molar-refractivity contribution in [2.24, 2.45) is 14.1 Å². The Hall–Kier alpha value is -2.55. The van der Waals surface area contributed by atoms with Gasteiger partial charge in [0, 0.05) is 19.8 Å². The number of halogens is 3. The molecular weight excluding hydrogens is 462 g/mol. The second-order valence-electron chi connectivity index (χ2n) is 6.99. The molecule has 31 heavy (non-hydrogen) atoms. The summed E-state index contributed by atoms with van der Waals surface area (Å²) in [5, 5.41) is 1.31. The third-order valence-corrected chi connectivity index (χ3v) is 6.72. The maximum absolute atomic E-state index is 14.1. The lowest BCUT2D eigenvalue weighted by Crippen LogP contribution is -2.37. The van der Waals surface area contributed by atoms with Crippen molar-refractivity contribution in [1.29, 1.82) is 0 Å². The molecule has 0 amide bonds. The minimum atomic E-state index is -0.470. The lowest BCUT2D eigenvalue weighted by molar-refractivity contribution is 0.617. The lowest BCUT2D eigenvalue weighted by Gasteiger charge is -2.10. The quantitative estimate of drug-likeness (QED) is 0.403. The van der Waals surface area contributed by atoms with Gasteiger partial charge in [-0.1, -0.05) is 59.2 Å². The topological polar surface area (TPSA) is 61.8 Å². The first-order valence-corrected chi connectivity index (χ1v) is 11.0. The summed E-state index contributed by atoms with van der Waals surface area (Å²) in [6.07, 6.45) is 0. The minimum absolute atomic E-state index is 0.268. The zero-order chi connectivity index (χ0) is 22.3. The molecular formula is C21H17Cl2FN4O2S. The van der Waals surface area contributed by atoms with Gasteiger partial charge in [0.1, 0.15) is 5.82 Å². The molecule has 2 aromatic carbocycles. The maximum Gasteiger partial charge on any atom is 0.332 e. The normalized spacial score (nSPS) is 11.4. The first kappa shape index (κ1) is 21.7. The average molecular weight is 479 g/mol. The van der Waals surface area contributed by atoms with Gasteiger partial charge in [-0.3, -0.25) is 13.9 Å². The van der Waals surface area contributed by atoms with Crippen molar-refractivity contribution in [2.45, 2.75) is 17.5 Å². The van der Waals surface area contributed by atoms with Crippen LogP contribution in [-0.4, -0.2) is 18.7 Å². The van der Waals surface area contributed by atoms with Gasteiger partial charge in [-0.2, -0.15) is 0 Å². The van der Waals surface area contributed by atoms with Crippen molar-refractivity contribution in [1.82, 2.24) is 18.7 Å². The monoisotopic (exact) mass is 478 g/mol. The van der Waals surface area contributed by atoms with E-state index in [1.807, 2.05) is 0 Å². The maximum atomic E-state index is 14.1. The van der Waals surface area contributed by atoms with Crippen molar-refractivity contribution in [3.05, 3.63) is 90.3 Å². The van der Waals surface area contributed by atoms with Crippen LogP contribution in [0.3, 0.4) is 0 Å². The Morgan fingerprint density at radius 3 is 2.48 bits per heavy atom. The van der Waals surface area contributed by atoms with Crippen molar-refractivity contribution >= 4 is 46.1 Å². The molecule has 0 aliphatic rings. The molecule has 0 aliphatic heterocycles. The molecule has 6 nitrogen and oxygen atoms in total. The number of nitrogens with zero attached hydrogens (tertiary/aromatic N) is 4. The number of aromatic nitrogens is 4. The van der Waals surface area contributed by atoms with Gasteiger partial charge in [0.15, 0.2) is 16.3 Å². The molecule has 0 N–H and O–H groups in total. The van der Waals surface area contributed by atoms with Crippen LogP contribution in [0.5, 0.6) is 0 Å². The van der Waals surface area contributed by atoms with Crippen LogP contribution in [0.15, 0.2) is 57.2 Å². The first-order chi connectivity index (χ1) is 14.8. The third kappa shape index (κ3) is 4.03. The van der Waals surface area contributed by atoms with E-state index in [4.69, 9.17) is 23.2 Å². The van der Waals surface area contributed by atoms with Crippen molar-refractivity contribution < 1.29 is 4.39 Å². The summed E-state index contributed by atoms with van der Waals surface area (Å²) in [5.74, 6) is -0.00325. The highest BCUT2D eigenvalue weighted by atomic mass is 35.5. The largest absolute Gasteiger partial charge is 0.332 e. The Bertz CT molecular complexity index is 1430. The van der Waals surface area contributed by atoms with E-state index in [0.29, 0.717) is 26.5 Å². The predicted octanol–water partition coefficient (Wildman–Crippen LogP) is 4.22. The standard InChI is InChI=1S/C21H17Cl2FN4O2S/c1-26-18-17(19(29)27(2)21(26)30)28(10-12-7-8-14(22)15(23)9-12)20(25-18)31-11-13-5-3-4-6-16(13)24/h3-9H,10-11H2,1-2H3. The number of fused-ring (bicyclic) bond motifs is 1. The van der Waals surface area contributed by atoms with E-state index in [2.05, 4.69) is 4.98 Å². The molecule has 0 aliphatic carbocycles. The second kappa shape index (κ2) is 8.53. The van der Waals surface area contributed by atoms with E-state index in [-0.39, 0.29) is 23.5 Å². The molecule has 4 rings (SSSR count). The SMILES string of the molecule is Cn1c(=O)c2c(nc(SCc3ccccc3F)n2Cc2ccc(Cl)c(Cl)c2)n(C)c1=O. The van der Waals surface area contributed by atoms with Gasteiger partial charge < -0.3 is 4.57 Å². The zero-order valence-electron chi connectivity index (χ0n) is 16.6. The summed E-state index contributed by atoms with van der Waals surface area (Å²) in [4.78, 5) is 29.9. The van der Waals surface area contributed by atoms with Crippen molar-refractivity contribution in [3.8, 4) is 0 Å². The van der Waals surface area contributed by atoms with Gasteiger partial charge in [-0.05, 0) is 29.3 Å². The second-order valence-corrected chi connectivity index (χ2v) is 8.74. The van der Waals surface area contributed by atoms with Crippen LogP contribution in [0.1, 0.15) is 11.1 Å². The van der Waals surface area contributed by atoms with Crippen molar-refractivity contribution in [2.75, 3.05) is 0 Å². The molecule has 0 unspecified atom stereocenters.